The summed E-state index contributed by atoms with van der Waals surface area (Å²) >= 11 is 0. The molecule has 2 aliphatic rings. The van der Waals surface area contributed by atoms with Crippen molar-refractivity contribution in [1.82, 2.24) is 15.5 Å². The van der Waals surface area contributed by atoms with E-state index in [0.717, 1.165) is 71.1 Å². The molecule has 3 unspecified atom stereocenters. The molecule has 25 heavy (non-hydrogen) atoms. The van der Waals surface area contributed by atoms with Gasteiger partial charge < -0.3 is 20.1 Å². The number of guanidine groups is 1. The van der Waals surface area contributed by atoms with Crippen LogP contribution in [0.3, 0.4) is 0 Å². The number of morpholine rings is 1. The lowest BCUT2D eigenvalue weighted by Crippen LogP contribution is -2.46. The second kappa shape index (κ2) is 11.6. The van der Waals surface area contributed by atoms with Crippen molar-refractivity contribution >= 4 is 29.9 Å². The first-order valence-corrected chi connectivity index (χ1v) is 9.55. The fourth-order valence-electron chi connectivity index (χ4n) is 3.53. The molecule has 0 bridgehead atoms. The second-order valence-corrected chi connectivity index (χ2v) is 7.39. The highest BCUT2D eigenvalue weighted by Crippen LogP contribution is 2.24. The van der Waals surface area contributed by atoms with Crippen LogP contribution in [0.15, 0.2) is 4.99 Å². The fourth-order valence-corrected chi connectivity index (χ4v) is 3.53. The fraction of sp³-hybridized carbons (Fsp3) is 0.944. The minimum atomic E-state index is -0.0809. The maximum Gasteiger partial charge on any atom is 0.191 e. The van der Waals surface area contributed by atoms with Crippen molar-refractivity contribution in [3.8, 4) is 0 Å². The van der Waals surface area contributed by atoms with Crippen LogP contribution in [0, 0.1) is 0 Å². The zero-order valence-electron chi connectivity index (χ0n) is 16.3. The molecule has 2 saturated heterocycles. The van der Waals surface area contributed by atoms with Gasteiger partial charge in [-0.15, -0.1) is 24.0 Å². The van der Waals surface area contributed by atoms with Gasteiger partial charge in [-0.2, -0.15) is 0 Å². The molecule has 2 fully saturated rings. The van der Waals surface area contributed by atoms with Gasteiger partial charge in [-0.3, -0.25) is 9.89 Å². The molecule has 2 heterocycles. The van der Waals surface area contributed by atoms with Crippen LogP contribution in [-0.4, -0.2) is 74.5 Å². The molecule has 0 aromatic carbocycles. The van der Waals surface area contributed by atoms with Gasteiger partial charge in [0.15, 0.2) is 5.96 Å². The molecule has 7 heteroatoms. The van der Waals surface area contributed by atoms with Crippen molar-refractivity contribution in [3.05, 3.63) is 0 Å². The summed E-state index contributed by atoms with van der Waals surface area (Å²) in [6, 6.07) is 0. The lowest BCUT2D eigenvalue weighted by molar-refractivity contribution is -0.0679. The smallest absolute Gasteiger partial charge is 0.191 e. The van der Waals surface area contributed by atoms with E-state index in [-0.39, 0.29) is 29.6 Å². The zero-order valence-corrected chi connectivity index (χ0v) is 18.7. The molecular weight excluding hydrogens is 431 g/mol. The van der Waals surface area contributed by atoms with E-state index in [1.807, 2.05) is 0 Å². The molecule has 3 atom stereocenters. The third-order valence-electron chi connectivity index (χ3n) is 4.66. The number of hydrogen-bond donors (Lipinski definition) is 2. The standard InChI is InChI=1S/C18H36N4O2.HI/c1-5-19-17(21-14-18(4)8-6-11-23-18)20-9-7-10-22-12-15(2)24-16(3)13-22;/h15-16H,5-14H2,1-4H3,(H2,19,20,21);1H. The molecule has 0 aromatic rings. The van der Waals surface area contributed by atoms with Gasteiger partial charge in [0.2, 0.25) is 0 Å². The predicted octanol–water partition coefficient (Wildman–Crippen LogP) is 2.23. The molecule has 2 rings (SSSR count). The Morgan fingerprint density at radius 3 is 2.56 bits per heavy atom. The Balaban J connectivity index is 0.00000312. The number of hydrogen-bond acceptors (Lipinski definition) is 4. The third kappa shape index (κ3) is 8.41. The van der Waals surface area contributed by atoms with Gasteiger partial charge in [0.05, 0.1) is 24.4 Å². The molecule has 0 aromatic heterocycles. The third-order valence-corrected chi connectivity index (χ3v) is 4.66. The van der Waals surface area contributed by atoms with E-state index in [1.54, 1.807) is 0 Å². The molecule has 0 amide bonds. The highest BCUT2D eigenvalue weighted by Gasteiger charge is 2.29. The van der Waals surface area contributed by atoms with Gasteiger partial charge >= 0.3 is 0 Å². The lowest BCUT2D eigenvalue weighted by Gasteiger charge is -2.35. The van der Waals surface area contributed by atoms with E-state index < -0.39 is 0 Å². The van der Waals surface area contributed by atoms with Gasteiger partial charge in [0.25, 0.3) is 0 Å². The van der Waals surface area contributed by atoms with E-state index in [9.17, 15) is 0 Å². The Hall–Kier alpha value is -0.120. The first-order chi connectivity index (χ1) is 11.5. The van der Waals surface area contributed by atoms with Crippen molar-refractivity contribution in [2.24, 2.45) is 4.99 Å². The summed E-state index contributed by atoms with van der Waals surface area (Å²) in [5.41, 5.74) is -0.0809. The molecule has 0 radical (unpaired) electrons. The van der Waals surface area contributed by atoms with E-state index in [1.165, 1.54) is 0 Å². The number of halogens is 1. The van der Waals surface area contributed by atoms with Gasteiger partial charge in [-0.1, -0.05) is 0 Å². The van der Waals surface area contributed by atoms with E-state index >= 15 is 0 Å². The Kier molecular flexibility index (Phi) is 10.6. The van der Waals surface area contributed by atoms with Gasteiger partial charge in [-0.05, 0) is 47.0 Å². The van der Waals surface area contributed by atoms with Crippen LogP contribution < -0.4 is 10.6 Å². The largest absolute Gasteiger partial charge is 0.373 e. The summed E-state index contributed by atoms with van der Waals surface area (Å²) in [5.74, 6) is 0.901. The quantitative estimate of drug-likeness (QED) is 0.260. The Morgan fingerprint density at radius 1 is 1.24 bits per heavy atom. The summed E-state index contributed by atoms with van der Waals surface area (Å²) in [5, 5.41) is 6.78. The summed E-state index contributed by atoms with van der Waals surface area (Å²) < 4.78 is 11.6. The van der Waals surface area contributed by atoms with Crippen LogP contribution in [0.1, 0.15) is 47.0 Å². The monoisotopic (exact) mass is 468 g/mol. The predicted molar refractivity (Wildman–Crippen MR) is 114 cm³/mol. The van der Waals surface area contributed by atoms with Crippen LogP contribution in [-0.2, 0) is 9.47 Å². The normalized spacial score (nSPS) is 30.8. The summed E-state index contributed by atoms with van der Waals surface area (Å²) in [6.45, 7) is 15.1. The average Bonchev–Trinajstić information content (AvgIpc) is 2.95. The molecule has 0 aliphatic carbocycles. The lowest BCUT2D eigenvalue weighted by atomic mass is 10.0. The van der Waals surface area contributed by atoms with Crippen LogP contribution in [0.5, 0.6) is 0 Å². The van der Waals surface area contributed by atoms with Crippen LogP contribution in [0.2, 0.25) is 0 Å². The van der Waals surface area contributed by atoms with Crippen LogP contribution >= 0.6 is 24.0 Å². The number of aliphatic imine (C=N–C) groups is 1. The van der Waals surface area contributed by atoms with Crippen molar-refractivity contribution in [1.29, 1.82) is 0 Å². The Morgan fingerprint density at radius 2 is 1.96 bits per heavy atom. The first kappa shape index (κ1) is 22.9. The minimum Gasteiger partial charge on any atom is -0.373 e. The average molecular weight is 468 g/mol. The number of rotatable bonds is 7. The van der Waals surface area contributed by atoms with E-state index in [0.29, 0.717) is 12.2 Å². The molecule has 0 spiro atoms. The molecular formula is C18H37IN4O2. The molecule has 6 nitrogen and oxygen atoms in total. The van der Waals surface area contributed by atoms with Gasteiger partial charge in [0, 0.05) is 39.3 Å². The Bertz CT molecular complexity index is 393. The van der Waals surface area contributed by atoms with Gasteiger partial charge in [0.1, 0.15) is 0 Å². The molecule has 148 valence electrons. The zero-order chi connectivity index (χ0) is 17.4. The first-order valence-electron chi connectivity index (χ1n) is 9.55. The Labute approximate surface area is 170 Å². The number of nitrogens with zero attached hydrogens (tertiary/aromatic N) is 2. The minimum absolute atomic E-state index is 0. The van der Waals surface area contributed by atoms with E-state index in [2.05, 4.69) is 43.2 Å². The maximum absolute atomic E-state index is 5.81. The summed E-state index contributed by atoms with van der Waals surface area (Å²) in [6.07, 6.45) is 4.04. The number of nitrogens with one attached hydrogen (secondary N) is 2. The molecule has 2 N–H and O–H groups in total. The highest BCUT2D eigenvalue weighted by molar-refractivity contribution is 14.0. The van der Waals surface area contributed by atoms with E-state index in [4.69, 9.17) is 14.5 Å². The van der Waals surface area contributed by atoms with Crippen molar-refractivity contribution < 1.29 is 9.47 Å². The molecule has 0 saturated carbocycles. The van der Waals surface area contributed by atoms with Crippen LogP contribution in [0.4, 0.5) is 0 Å². The number of ether oxygens (including phenoxy) is 2. The summed E-state index contributed by atoms with van der Waals surface area (Å²) in [7, 11) is 0. The van der Waals surface area contributed by atoms with Gasteiger partial charge in [-0.25, -0.2) is 0 Å². The highest BCUT2D eigenvalue weighted by atomic mass is 127. The topological polar surface area (TPSA) is 58.1 Å². The van der Waals surface area contributed by atoms with Crippen molar-refractivity contribution in [2.75, 3.05) is 45.9 Å². The van der Waals surface area contributed by atoms with Crippen molar-refractivity contribution in [2.45, 2.75) is 64.8 Å². The van der Waals surface area contributed by atoms with Crippen molar-refractivity contribution in [3.63, 3.8) is 0 Å². The second-order valence-electron chi connectivity index (χ2n) is 7.39. The summed E-state index contributed by atoms with van der Waals surface area (Å²) in [4.78, 5) is 7.21. The molecule has 2 aliphatic heterocycles. The van der Waals surface area contributed by atoms with Crippen LogP contribution in [0.25, 0.3) is 0 Å². The maximum atomic E-state index is 5.81. The SMILES string of the molecule is CCNC(=NCC1(C)CCCO1)NCCCN1CC(C)OC(C)C1.I.